The zero-order valence-corrected chi connectivity index (χ0v) is 8.30. The van der Waals surface area contributed by atoms with E-state index in [-0.39, 0.29) is 16.5 Å². The first-order valence-corrected chi connectivity index (χ1v) is 4.56. The van der Waals surface area contributed by atoms with Crippen LogP contribution in [0.4, 0.5) is 13.2 Å². The molecule has 0 amide bonds. The monoisotopic (exact) mass is 238 g/mol. The Morgan fingerprint density at radius 3 is 2.59 bits per heavy atom. The van der Waals surface area contributed by atoms with Crippen molar-refractivity contribution in [2.24, 2.45) is 0 Å². The Labute approximate surface area is 93.1 Å². The maximum Gasteiger partial charge on any atom is 0.416 e. The van der Waals surface area contributed by atoms with E-state index in [9.17, 15) is 18.0 Å². The van der Waals surface area contributed by atoms with E-state index in [1.165, 1.54) is 12.3 Å². The molecule has 1 heterocycles. The molecule has 0 aliphatic carbocycles. The van der Waals surface area contributed by atoms with Crippen LogP contribution >= 0.6 is 0 Å². The molecule has 0 aliphatic heterocycles. The van der Waals surface area contributed by atoms with Crippen molar-refractivity contribution in [2.45, 2.75) is 6.18 Å². The molecule has 2 rings (SSSR count). The number of aromatic amines is 1. The van der Waals surface area contributed by atoms with E-state index in [0.717, 1.165) is 12.1 Å². The lowest BCUT2D eigenvalue weighted by molar-refractivity contribution is -0.137. The molecule has 0 atom stereocenters. The standard InChI is InChI=1S/C11H5F3N2O/c12-11(13,14)7-1-2-9-8(3-7)10(17)6(4-15)5-16-9/h1-3,5H,(H,16,17). The minimum absolute atomic E-state index is 0.140. The van der Waals surface area contributed by atoms with Crippen LogP contribution in [-0.2, 0) is 6.18 Å². The highest BCUT2D eigenvalue weighted by Crippen LogP contribution is 2.30. The number of rotatable bonds is 0. The minimum Gasteiger partial charge on any atom is -0.360 e. The summed E-state index contributed by atoms with van der Waals surface area (Å²) in [6, 6.07) is 4.41. The van der Waals surface area contributed by atoms with E-state index in [2.05, 4.69) is 4.98 Å². The predicted molar refractivity (Wildman–Crippen MR) is 54.3 cm³/mol. The van der Waals surface area contributed by atoms with Crippen molar-refractivity contribution in [1.29, 1.82) is 5.26 Å². The smallest absolute Gasteiger partial charge is 0.360 e. The molecule has 0 fully saturated rings. The molecule has 0 spiro atoms. The SMILES string of the molecule is N#Cc1c[nH]c2ccc(C(F)(F)F)cc2c1=O. The molecule has 86 valence electrons. The lowest BCUT2D eigenvalue weighted by Crippen LogP contribution is -2.10. The molecule has 0 saturated heterocycles. The van der Waals surface area contributed by atoms with E-state index in [1.54, 1.807) is 6.07 Å². The number of nitrogens with one attached hydrogen (secondary N) is 1. The van der Waals surface area contributed by atoms with Gasteiger partial charge in [-0.25, -0.2) is 0 Å². The first-order chi connectivity index (χ1) is 7.93. The molecular formula is C11H5F3N2O. The summed E-state index contributed by atoms with van der Waals surface area (Å²) < 4.78 is 37.4. The second-order valence-corrected chi connectivity index (χ2v) is 3.40. The number of alkyl halides is 3. The van der Waals surface area contributed by atoms with Gasteiger partial charge in [0, 0.05) is 17.1 Å². The third-order valence-corrected chi connectivity index (χ3v) is 2.33. The first-order valence-electron chi connectivity index (χ1n) is 4.56. The fourth-order valence-electron chi connectivity index (χ4n) is 1.48. The van der Waals surface area contributed by atoms with Crippen LogP contribution in [0.15, 0.2) is 29.2 Å². The molecule has 6 heteroatoms. The largest absolute Gasteiger partial charge is 0.416 e. The third-order valence-electron chi connectivity index (χ3n) is 2.33. The van der Waals surface area contributed by atoms with Gasteiger partial charge in [-0.1, -0.05) is 0 Å². The Morgan fingerprint density at radius 2 is 2.00 bits per heavy atom. The molecule has 1 aromatic carbocycles. The molecule has 17 heavy (non-hydrogen) atoms. The van der Waals surface area contributed by atoms with E-state index >= 15 is 0 Å². The summed E-state index contributed by atoms with van der Waals surface area (Å²) in [5, 5.41) is 8.47. The van der Waals surface area contributed by atoms with Crippen LogP contribution in [0, 0.1) is 11.3 Å². The molecule has 0 aliphatic rings. The molecule has 1 N–H and O–H groups in total. The van der Waals surface area contributed by atoms with Crippen LogP contribution in [-0.4, -0.2) is 4.98 Å². The molecule has 1 aromatic heterocycles. The second-order valence-electron chi connectivity index (χ2n) is 3.40. The Hall–Kier alpha value is -2.29. The van der Waals surface area contributed by atoms with Gasteiger partial charge in [0.05, 0.1) is 5.56 Å². The summed E-state index contributed by atoms with van der Waals surface area (Å²) in [5.74, 6) is 0. The van der Waals surface area contributed by atoms with Crippen molar-refractivity contribution in [3.63, 3.8) is 0 Å². The van der Waals surface area contributed by atoms with Gasteiger partial charge in [0.2, 0.25) is 5.43 Å². The number of H-pyrrole nitrogens is 1. The second kappa shape index (κ2) is 3.63. The summed E-state index contributed by atoms with van der Waals surface area (Å²) in [6.07, 6.45) is -3.33. The Kier molecular flexibility index (Phi) is 2.39. The number of aromatic nitrogens is 1. The van der Waals surface area contributed by atoms with Crippen LogP contribution in [0.3, 0.4) is 0 Å². The Morgan fingerprint density at radius 1 is 1.29 bits per heavy atom. The highest BCUT2D eigenvalue weighted by molar-refractivity contribution is 5.80. The number of benzene rings is 1. The lowest BCUT2D eigenvalue weighted by Gasteiger charge is -2.07. The molecule has 3 nitrogen and oxygen atoms in total. The normalized spacial score (nSPS) is 11.4. The maximum absolute atomic E-state index is 12.5. The predicted octanol–water partition coefficient (Wildman–Crippen LogP) is 2.42. The van der Waals surface area contributed by atoms with Crippen molar-refractivity contribution in [3.8, 4) is 6.07 Å². The Balaban J connectivity index is 2.81. The minimum atomic E-state index is -4.51. The average Bonchev–Trinajstić information content (AvgIpc) is 2.28. The van der Waals surface area contributed by atoms with Crippen molar-refractivity contribution < 1.29 is 13.2 Å². The van der Waals surface area contributed by atoms with Gasteiger partial charge in [0.1, 0.15) is 11.6 Å². The number of nitriles is 1. The van der Waals surface area contributed by atoms with E-state index in [0.29, 0.717) is 0 Å². The zero-order chi connectivity index (χ0) is 12.6. The topological polar surface area (TPSA) is 56.6 Å². The number of halogens is 3. The summed E-state index contributed by atoms with van der Waals surface area (Å²) in [6.45, 7) is 0. The highest BCUT2D eigenvalue weighted by atomic mass is 19.4. The lowest BCUT2D eigenvalue weighted by atomic mass is 10.1. The van der Waals surface area contributed by atoms with Gasteiger partial charge in [0.15, 0.2) is 0 Å². The zero-order valence-electron chi connectivity index (χ0n) is 8.30. The highest BCUT2D eigenvalue weighted by Gasteiger charge is 2.30. The molecule has 0 radical (unpaired) electrons. The van der Waals surface area contributed by atoms with Crippen molar-refractivity contribution >= 4 is 10.9 Å². The van der Waals surface area contributed by atoms with Crippen LogP contribution in [0.2, 0.25) is 0 Å². The van der Waals surface area contributed by atoms with Gasteiger partial charge in [-0.05, 0) is 18.2 Å². The van der Waals surface area contributed by atoms with Crippen LogP contribution in [0.5, 0.6) is 0 Å². The van der Waals surface area contributed by atoms with Gasteiger partial charge in [0.25, 0.3) is 0 Å². The fraction of sp³-hybridized carbons (Fsp3) is 0.0909. The van der Waals surface area contributed by atoms with Gasteiger partial charge in [-0.2, -0.15) is 18.4 Å². The first kappa shape index (κ1) is 11.2. The van der Waals surface area contributed by atoms with Crippen molar-refractivity contribution in [1.82, 2.24) is 4.98 Å². The average molecular weight is 238 g/mol. The van der Waals surface area contributed by atoms with Crippen LogP contribution in [0.25, 0.3) is 10.9 Å². The molecular weight excluding hydrogens is 233 g/mol. The number of hydrogen-bond acceptors (Lipinski definition) is 2. The van der Waals surface area contributed by atoms with E-state index in [4.69, 9.17) is 5.26 Å². The van der Waals surface area contributed by atoms with Gasteiger partial charge >= 0.3 is 6.18 Å². The number of fused-ring (bicyclic) bond motifs is 1. The van der Waals surface area contributed by atoms with Crippen LogP contribution in [0.1, 0.15) is 11.1 Å². The summed E-state index contributed by atoms with van der Waals surface area (Å²) in [4.78, 5) is 14.2. The van der Waals surface area contributed by atoms with E-state index in [1.807, 2.05) is 0 Å². The van der Waals surface area contributed by atoms with Gasteiger partial charge < -0.3 is 4.98 Å². The van der Waals surface area contributed by atoms with Crippen molar-refractivity contribution in [2.75, 3.05) is 0 Å². The summed E-state index contributed by atoms with van der Waals surface area (Å²) in [7, 11) is 0. The Bertz CT molecular complexity index is 680. The van der Waals surface area contributed by atoms with Gasteiger partial charge in [-0.15, -0.1) is 0 Å². The number of pyridine rings is 1. The van der Waals surface area contributed by atoms with Crippen LogP contribution < -0.4 is 5.43 Å². The quantitative estimate of drug-likeness (QED) is 0.766. The molecule has 2 aromatic rings. The van der Waals surface area contributed by atoms with E-state index < -0.39 is 17.2 Å². The van der Waals surface area contributed by atoms with Crippen molar-refractivity contribution in [3.05, 3.63) is 45.7 Å². The fourth-order valence-corrected chi connectivity index (χ4v) is 1.48. The van der Waals surface area contributed by atoms with Gasteiger partial charge in [-0.3, -0.25) is 4.79 Å². The third kappa shape index (κ3) is 1.87. The number of hydrogen-bond donors (Lipinski definition) is 1. The summed E-state index contributed by atoms with van der Waals surface area (Å²) in [5.41, 5.74) is -1.56. The number of nitrogens with zero attached hydrogens (tertiary/aromatic N) is 1. The molecule has 0 unspecified atom stereocenters. The molecule has 0 bridgehead atoms. The molecule has 0 saturated carbocycles. The summed E-state index contributed by atoms with van der Waals surface area (Å²) >= 11 is 0. The maximum atomic E-state index is 12.5.